The summed E-state index contributed by atoms with van der Waals surface area (Å²) in [5, 5.41) is 0. The van der Waals surface area contributed by atoms with Crippen molar-refractivity contribution in [2.24, 2.45) is 0 Å². The quantitative estimate of drug-likeness (QED) is 0.937. The van der Waals surface area contributed by atoms with E-state index in [9.17, 15) is 13.2 Å². The summed E-state index contributed by atoms with van der Waals surface area (Å²) in [6, 6.07) is 12.5. The van der Waals surface area contributed by atoms with Crippen LogP contribution in [0.15, 0.2) is 58.2 Å². The number of aryl methyl sites for hydroxylation is 1. The number of nitrogen functional groups attached to an aromatic ring is 1. The van der Waals surface area contributed by atoms with Crippen LogP contribution in [0.3, 0.4) is 0 Å². The molecule has 2 rings (SSSR count). The third-order valence-corrected chi connectivity index (χ3v) is 4.94. The van der Waals surface area contributed by atoms with Gasteiger partial charge in [0.25, 0.3) is 10.0 Å². The predicted molar refractivity (Wildman–Crippen MR) is 83.9 cm³/mol. The number of hydrogen-bond acceptors (Lipinski definition) is 4. The summed E-state index contributed by atoms with van der Waals surface area (Å²) in [4.78, 5) is 12.2. The van der Waals surface area contributed by atoms with E-state index in [2.05, 4.69) is 0 Å². The molecule has 0 aliphatic heterocycles. The van der Waals surface area contributed by atoms with Crippen molar-refractivity contribution in [1.82, 2.24) is 0 Å². The molecule has 21 heavy (non-hydrogen) atoms. The zero-order chi connectivity index (χ0) is 15.6. The molecule has 0 aliphatic rings. The molecule has 0 fully saturated rings. The lowest BCUT2D eigenvalue weighted by molar-refractivity contribution is 0.594. The van der Waals surface area contributed by atoms with Crippen molar-refractivity contribution < 1.29 is 8.42 Å². The third-order valence-electron chi connectivity index (χ3n) is 3.15. The van der Waals surface area contributed by atoms with Gasteiger partial charge in [-0.1, -0.05) is 29.8 Å². The maximum absolute atomic E-state index is 12.6. The highest BCUT2D eigenvalue weighted by molar-refractivity contribution is 7.92. The predicted octanol–water partition coefficient (Wildman–Crippen LogP) is 1.76. The van der Waals surface area contributed by atoms with Crippen LogP contribution in [0.25, 0.3) is 0 Å². The molecular formula is C15H16N2O3S. The van der Waals surface area contributed by atoms with Gasteiger partial charge in [-0.3, -0.25) is 9.10 Å². The molecule has 0 aromatic heterocycles. The average molecular weight is 304 g/mol. The minimum Gasteiger partial charge on any atom is -0.396 e. The molecule has 0 heterocycles. The monoisotopic (exact) mass is 304 g/mol. The highest BCUT2D eigenvalue weighted by Gasteiger charge is 2.22. The van der Waals surface area contributed by atoms with Crippen molar-refractivity contribution in [2.75, 3.05) is 17.1 Å². The van der Waals surface area contributed by atoms with Crippen LogP contribution in [0.5, 0.6) is 0 Å². The van der Waals surface area contributed by atoms with Crippen molar-refractivity contribution >= 4 is 21.4 Å². The number of sulfonamides is 1. The molecule has 0 amide bonds. The summed E-state index contributed by atoms with van der Waals surface area (Å²) in [6.45, 7) is 1.87. The fourth-order valence-corrected chi connectivity index (χ4v) is 3.05. The molecular weight excluding hydrogens is 288 g/mol. The highest BCUT2D eigenvalue weighted by atomic mass is 32.2. The van der Waals surface area contributed by atoms with Gasteiger partial charge >= 0.3 is 0 Å². The van der Waals surface area contributed by atoms with Gasteiger partial charge in [0.15, 0.2) is 0 Å². The van der Waals surface area contributed by atoms with Crippen LogP contribution >= 0.6 is 0 Å². The average Bonchev–Trinajstić information content (AvgIpc) is 2.61. The van der Waals surface area contributed by atoms with E-state index in [0.29, 0.717) is 0 Å². The van der Waals surface area contributed by atoms with Crippen LogP contribution in [-0.4, -0.2) is 15.5 Å². The molecule has 2 aromatic carbocycles. The Morgan fingerprint density at radius 2 is 1.57 bits per heavy atom. The summed E-state index contributed by atoms with van der Waals surface area (Å²) in [6.07, 6.45) is 0. The standard InChI is InChI=1S/C15H16N2O3S/c1-11-7-9-12(10-8-11)21(19,20)17(2)14-6-4-3-5-13(16)15(14)18/h3-10H,1-2H3,(H2,16,18). The van der Waals surface area contributed by atoms with E-state index < -0.39 is 15.5 Å². The zero-order valence-corrected chi connectivity index (χ0v) is 12.6. The van der Waals surface area contributed by atoms with Crippen molar-refractivity contribution in [3.63, 3.8) is 0 Å². The molecule has 0 atom stereocenters. The summed E-state index contributed by atoms with van der Waals surface area (Å²) in [5.74, 6) is 0. The maximum atomic E-state index is 12.6. The van der Waals surface area contributed by atoms with Gasteiger partial charge in [-0.15, -0.1) is 0 Å². The Labute approximate surface area is 123 Å². The van der Waals surface area contributed by atoms with Gasteiger partial charge in [0.2, 0.25) is 5.43 Å². The normalized spacial score (nSPS) is 11.1. The molecule has 2 N–H and O–H groups in total. The van der Waals surface area contributed by atoms with Gasteiger partial charge in [0.05, 0.1) is 10.6 Å². The first kappa shape index (κ1) is 15.1. The number of benzene rings is 1. The first-order valence-electron chi connectivity index (χ1n) is 6.28. The summed E-state index contributed by atoms with van der Waals surface area (Å²) in [7, 11) is -2.46. The Morgan fingerprint density at radius 1 is 1.00 bits per heavy atom. The molecule has 0 saturated heterocycles. The smallest absolute Gasteiger partial charge is 0.264 e. The Kier molecular flexibility index (Phi) is 3.99. The van der Waals surface area contributed by atoms with E-state index in [1.807, 2.05) is 6.92 Å². The summed E-state index contributed by atoms with van der Waals surface area (Å²) in [5.41, 5.74) is 6.06. The van der Waals surface area contributed by atoms with Crippen LogP contribution in [-0.2, 0) is 10.0 Å². The minimum absolute atomic E-state index is 0.000885. The number of hydrogen-bond donors (Lipinski definition) is 1. The Hall–Kier alpha value is -2.34. The molecule has 0 spiro atoms. The van der Waals surface area contributed by atoms with E-state index in [4.69, 9.17) is 5.73 Å². The number of nitrogens with two attached hydrogens (primary N) is 1. The van der Waals surface area contributed by atoms with E-state index in [1.165, 1.54) is 31.3 Å². The SMILES string of the molecule is Cc1ccc(S(=O)(=O)N(C)c2ccccc(N)c2=O)cc1. The fraction of sp³-hybridized carbons (Fsp3) is 0.133. The molecule has 0 bridgehead atoms. The maximum Gasteiger partial charge on any atom is 0.264 e. The first-order chi connectivity index (χ1) is 9.84. The third kappa shape index (κ3) is 2.90. The molecule has 6 heteroatoms. The molecule has 2 aromatic rings. The van der Waals surface area contributed by atoms with Crippen molar-refractivity contribution in [2.45, 2.75) is 11.8 Å². The molecule has 110 valence electrons. The second-order valence-electron chi connectivity index (χ2n) is 4.67. The number of rotatable bonds is 3. The Bertz CT molecular complexity index is 815. The van der Waals surface area contributed by atoms with Crippen LogP contribution in [0.2, 0.25) is 0 Å². The number of nitrogens with zero attached hydrogens (tertiary/aromatic N) is 1. The van der Waals surface area contributed by atoms with Gasteiger partial charge in [0, 0.05) is 7.05 Å². The molecule has 0 radical (unpaired) electrons. The highest BCUT2D eigenvalue weighted by Crippen LogP contribution is 2.19. The molecule has 0 aliphatic carbocycles. The van der Waals surface area contributed by atoms with Crippen molar-refractivity contribution in [3.8, 4) is 0 Å². The fourth-order valence-electron chi connectivity index (χ4n) is 1.85. The lowest BCUT2D eigenvalue weighted by Crippen LogP contribution is -2.30. The van der Waals surface area contributed by atoms with Crippen molar-refractivity contribution in [3.05, 3.63) is 64.3 Å². The largest absolute Gasteiger partial charge is 0.396 e. The van der Waals surface area contributed by atoms with Gasteiger partial charge in [-0.05, 0) is 31.2 Å². The van der Waals surface area contributed by atoms with Crippen LogP contribution in [0, 0.1) is 6.92 Å². The minimum atomic E-state index is -3.80. The van der Waals surface area contributed by atoms with E-state index in [0.717, 1.165) is 9.87 Å². The first-order valence-corrected chi connectivity index (χ1v) is 7.72. The van der Waals surface area contributed by atoms with Crippen LogP contribution < -0.4 is 15.5 Å². The van der Waals surface area contributed by atoms with Crippen LogP contribution in [0.1, 0.15) is 5.56 Å². The molecule has 0 unspecified atom stereocenters. The van der Waals surface area contributed by atoms with Gasteiger partial charge in [-0.25, -0.2) is 8.42 Å². The Morgan fingerprint density at radius 3 is 2.19 bits per heavy atom. The molecule has 0 saturated carbocycles. The second kappa shape index (κ2) is 5.57. The number of anilines is 2. The van der Waals surface area contributed by atoms with E-state index in [1.54, 1.807) is 24.3 Å². The van der Waals surface area contributed by atoms with E-state index >= 15 is 0 Å². The van der Waals surface area contributed by atoms with Crippen LogP contribution in [0.4, 0.5) is 11.4 Å². The topological polar surface area (TPSA) is 80.5 Å². The lowest BCUT2D eigenvalue weighted by Gasteiger charge is -2.18. The van der Waals surface area contributed by atoms with Gasteiger partial charge in [0.1, 0.15) is 5.69 Å². The van der Waals surface area contributed by atoms with Gasteiger partial charge in [-0.2, -0.15) is 0 Å². The molecule has 5 nitrogen and oxygen atoms in total. The Balaban J connectivity index is 2.57. The second-order valence-corrected chi connectivity index (χ2v) is 6.64. The van der Waals surface area contributed by atoms with E-state index in [-0.39, 0.29) is 16.3 Å². The summed E-state index contributed by atoms with van der Waals surface area (Å²) >= 11 is 0. The van der Waals surface area contributed by atoms with Gasteiger partial charge < -0.3 is 5.73 Å². The lowest BCUT2D eigenvalue weighted by atomic mass is 10.2. The van der Waals surface area contributed by atoms with Crippen molar-refractivity contribution in [1.29, 1.82) is 0 Å². The summed E-state index contributed by atoms with van der Waals surface area (Å²) < 4.78 is 26.1. The zero-order valence-electron chi connectivity index (χ0n) is 11.8.